The van der Waals surface area contributed by atoms with Gasteiger partial charge in [-0.2, -0.15) is 0 Å². The number of halogens is 2. The third-order valence-corrected chi connectivity index (χ3v) is 5.91. The first kappa shape index (κ1) is 16.0. The van der Waals surface area contributed by atoms with E-state index in [2.05, 4.69) is 0 Å². The molecule has 0 bridgehead atoms. The summed E-state index contributed by atoms with van der Waals surface area (Å²) in [7, 11) is 0. The van der Waals surface area contributed by atoms with Crippen LogP contribution in [0, 0.1) is 5.92 Å². The number of nitrogens with zero attached hydrogens (tertiary/aromatic N) is 1. The molecule has 2 aliphatic heterocycles. The number of ether oxygens (including phenoxy) is 1. The number of benzene rings is 1. The molecule has 0 aromatic heterocycles. The molecule has 24 heavy (non-hydrogen) atoms. The molecular weight excluding hydrogens is 312 g/mol. The van der Waals surface area contributed by atoms with E-state index in [9.17, 15) is 13.6 Å². The van der Waals surface area contributed by atoms with E-state index in [0.29, 0.717) is 13.1 Å². The Morgan fingerprint density at radius 2 is 1.79 bits per heavy atom. The maximum atomic E-state index is 14.0. The third kappa shape index (κ3) is 3.06. The summed E-state index contributed by atoms with van der Waals surface area (Å²) in [6, 6.07) is 9.34. The van der Waals surface area contributed by atoms with Crippen molar-refractivity contribution in [3.63, 3.8) is 0 Å². The Morgan fingerprint density at radius 1 is 1.12 bits per heavy atom. The molecule has 1 amide bonds. The van der Waals surface area contributed by atoms with Crippen LogP contribution in [0.4, 0.5) is 8.78 Å². The maximum absolute atomic E-state index is 14.0. The minimum Gasteiger partial charge on any atom is -0.369 e. The molecule has 2 heterocycles. The zero-order valence-electron chi connectivity index (χ0n) is 13.7. The Hall–Kier alpha value is -1.49. The second kappa shape index (κ2) is 5.80. The molecule has 0 N–H and O–H groups in total. The molecule has 1 spiro atoms. The monoisotopic (exact) mass is 335 g/mol. The van der Waals surface area contributed by atoms with Crippen LogP contribution < -0.4 is 0 Å². The van der Waals surface area contributed by atoms with Crippen LogP contribution in [-0.4, -0.2) is 42.0 Å². The van der Waals surface area contributed by atoms with Gasteiger partial charge in [-0.1, -0.05) is 30.3 Å². The molecule has 0 unspecified atom stereocenters. The summed E-state index contributed by atoms with van der Waals surface area (Å²) in [5.41, 5.74) is 0.879. The quantitative estimate of drug-likeness (QED) is 0.774. The van der Waals surface area contributed by atoms with Crippen LogP contribution in [0.3, 0.4) is 0 Å². The van der Waals surface area contributed by atoms with Crippen molar-refractivity contribution in [2.24, 2.45) is 5.92 Å². The predicted octanol–water partition coefficient (Wildman–Crippen LogP) is 3.60. The average molecular weight is 335 g/mol. The smallest absolute Gasteiger partial charge is 0.248 e. The third-order valence-electron chi connectivity index (χ3n) is 5.91. The molecule has 1 aromatic carbocycles. The van der Waals surface area contributed by atoms with E-state index < -0.39 is 11.8 Å². The van der Waals surface area contributed by atoms with Gasteiger partial charge in [-0.25, -0.2) is 8.78 Å². The average Bonchev–Trinajstić information content (AvgIpc) is 3.34. The number of hydrogen-bond donors (Lipinski definition) is 0. The van der Waals surface area contributed by atoms with Crippen molar-refractivity contribution in [1.82, 2.24) is 4.90 Å². The van der Waals surface area contributed by atoms with Crippen molar-refractivity contribution in [1.29, 1.82) is 0 Å². The molecule has 5 heteroatoms. The predicted molar refractivity (Wildman–Crippen MR) is 86.0 cm³/mol. The molecule has 0 radical (unpaired) electrons. The topological polar surface area (TPSA) is 32.8 Å². The highest BCUT2D eigenvalue weighted by atomic mass is 19.3. The Bertz CT molecular complexity index is 605. The van der Waals surface area contributed by atoms with Crippen LogP contribution in [0.25, 0.3) is 0 Å². The fraction of sp³-hybridized carbons (Fsp3) is 0.632. The summed E-state index contributed by atoms with van der Waals surface area (Å²) in [5.74, 6) is -3.35. The number of amides is 1. The van der Waals surface area contributed by atoms with Crippen LogP contribution in [0.15, 0.2) is 30.3 Å². The maximum Gasteiger partial charge on any atom is 0.248 e. The number of alkyl halides is 2. The highest BCUT2D eigenvalue weighted by Crippen LogP contribution is 2.46. The zero-order chi connectivity index (χ0) is 16.8. The highest BCUT2D eigenvalue weighted by molar-refractivity contribution is 5.80. The molecule has 4 rings (SSSR count). The van der Waals surface area contributed by atoms with Crippen LogP contribution in [0.1, 0.15) is 43.6 Å². The molecule has 2 saturated heterocycles. The molecule has 1 aliphatic carbocycles. The van der Waals surface area contributed by atoms with Gasteiger partial charge in [0.05, 0.1) is 12.2 Å². The fourth-order valence-electron chi connectivity index (χ4n) is 4.24. The molecular formula is C19H23F2NO2. The van der Waals surface area contributed by atoms with Crippen molar-refractivity contribution in [3.05, 3.63) is 35.9 Å². The first-order valence-electron chi connectivity index (χ1n) is 8.84. The number of carbonyl (C=O) groups is 1. The van der Waals surface area contributed by atoms with E-state index >= 15 is 0 Å². The molecule has 3 aliphatic rings. The first-order chi connectivity index (χ1) is 11.5. The Balaban J connectivity index is 1.52. The lowest BCUT2D eigenvalue weighted by molar-refractivity contribution is -0.142. The van der Waals surface area contributed by atoms with Gasteiger partial charge in [0, 0.05) is 37.8 Å². The Morgan fingerprint density at radius 3 is 2.42 bits per heavy atom. The second-order valence-corrected chi connectivity index (χ2v) is 7.52. The Kier molecular flexibility index (Phi) is 3.87. The van der Waals surface area contributed by atoms with Gasteiger partial charge >= 0.3 is 0 Å². The van der Waals surface area contributed by atoms with Crippen LogP contribution in [-0.2, 0) is 9.53 Å². The first-order valence-corrected chi connectivity index (χ1v) is 8.84. The van der Waals surface area contributed by atoms with E-state index in [4.69, 9.17) is 4.74 Å². The normalized spacial score (nSPS) is 31.0. The minimum absolute atomic E-state index is 0.0230. The number of piperidine rings is 1. The summed E-state index contributed by atoms with van der Waals surface area (Å²) in [4.78, 5) is 14.9. The van der Waals surface area contributed by atoms with Gasteiger partial charge < -0.3 is 9.64 Å². The van der Waals surface area contributed by atoms with E-state index in [-0.39, 0.29) is 36.7 Å². The van der Waals surface area contributed by atoms with Crippen LogP contribution in [0.5, 0.6) is 0 Å². The van der Waals surface area contributed by atoms with Crippen LogP contribution >= 0.6 is 0 Å². The molecule has 3 nitrogen and oxygen atoms in total. The molecule has 2 atom stereocenters. The van der Waals surface area contributed by atoms with E-state index in [1.165, 1.54) is 0 Å². The second-order valence-electron chi connectivity index (χ2n) is 7.52. The standard InChI is InChI=1S/C19H23F2NO2/c20-19(21)7-6-15(16(12-19)14-4-2-1-3-5-14)17(23)22-10-8-18(9-11-22)13-24-18/h1-5,15-16H,6-13H2/t15-,16+/m1/s1. The van der Waals surface area contributed by atoms with Gasteiger partial charge in [0.1, 0.15) is 0 Å². The van der Waals surface area contributed by atoms with Crippen molar-refractivity contribution >= 4 is 5.91 Å². The molecule has 1 saturated carbocycles. The summed E-state index contributed by atoms with van der Waals surface area (Å²) < 4.78 is 33.5. The minimum atomic E-state index is -2.68. The number of rotatable bonds is 2. The lowest BCUT2D eigenvalue weighted by atomic mass is 9.73. The fourth-order valence-corrected chi connectivity index (χ4v) is 4.24. The lowest BCUT2D eigenvalue weighted by Gasteiger charge is -2.39. The van der Waals surface area contributed by atoms with Gasteiger partial charge in [-0.3, -0.25) is 4.79 Å². The largest absolute Gasteiger partial charge is 0.369 e. The van der Waals surface area contributed by atoms with Crippen molar-refractivity contribution < 1.29 is 18.3 Å². The van der Waals surface area contributed by atoms with Gasteiger partial charge in [0.2, 0.25) is 11.8 Å². The lowest BCUT2D eigenvalue weighted by Crippen LogP contribution is -2.47. The van der Waals surface area contributed by atoms with Gasteiger partial charge in [-0.15, -0.1) is 0 Å². The van der Waals surface area contributed by atoms with Crippen LogP contribution in [0.2, 0.25) is 0 Å². The molecule has 3 fully saturated rings. The van der Waals surface area contributed by atoms with E-state index in [0.717, 1.165) is 25.0 Å². The highest BCUT2D eigenvalue weighted by Gasteiger charge is 2.50. The summed E-state index contributed by atoms with van der Waals surface area (Å²) in [5, 5.41) is 0. The number of hydrogen-bond acceptors (Lipinski definition) is 2. The summed E-state index contributed by atoms with van der Waals surface area (Å²) >= 11 is 0. The molecule has 130 valence electrons. The number of carbonyl (C=O) groups excluding carboxylic acids is 1. The number of epoxide rings is 1. The zero-order valence-corrected chi connectivity index (χ0v) is 13.7. The SMILES string of the molecule is O=C([C@@H]1CCC(F)(F)C[C@H]1c1ccccc1)N1CCC2(CC1)CO2. The van der Waals surface area contributed by atoms with Gasteiger partial charge in [-0.05, 0) is 24.8 Å². The van der Waals surface area contributed by atoms with E-state index in [1.807, 2.05) is 35.2 Å². The summed E-state index contributed by atoms with van der Waals surface area (Å²) in [6.45, 7) is 2.18. The Labute approximate surface area is 141 Å². The van der Waals surface area contributed by atoms with Crippen molar-refractivity contribution in [2.75, 3.05) is 19.7 Å². The van der Waals surface area contributed by atoms with E-state index in [1.54, 1.807) is 0 Å². The van der Waals surface area contributed by atoms with Crippen molar-refractivity contribution in [3.8, 4) is 0 Å². The molecule has 1 aromatic rings. The van der Waals surface area contributed by atoms with Crippen molar-refractivity contribution in [2.45, 2.75) is 49.5 Å². The van der Waals surface area contributed by atoms with Gasteiger partial charge in [0.15, 0.2) is 0 Å². The van der Waals surface area contributed by atoms with Gasteiger partial charge in [0.25, 0.3) is 0 Å². The summed E-state index contributed by atoms with van der Waals surface area (Å²) in [6.07, 6.45) is 1.60. The number of likely N-dealkylation sites (tertiary alicyclic amines) is 1.